The molecule has 0 aliphatic rings. The molecule has 22 heavy (non-hydrogen) atoms. The van der Waals surface area contributed by atoms with E-state index in [4.69, 9.17) is 0 Å². The zero-order valence-electron chi connectivity index (χ0n) is 12.4. The van der Waals surface area contributed by atoms with E-state index in [0.717, 1.165) is 6.07 Å². The van der Waals surface area contributed by atoms with Crippen molar-refractivity contribution in [2.24, 2.45) is 0 Å². The van der Waals surface area contributed by atoms with Gasteiger partial charge in [-0.2, -0.15) is 0 Å². The maximum atomic E-state index is 13.5. The molecule has 0 saturated heterocycles. The zero-order chi connectivity index (χ0) is 16.7. The largest absolute Gasteiger partial charge is 0.332 e. The molecule has 0 fully saturated rings. The molecule has 0 saturated carbocycles. The summed E-state index contributed by atoms with van der Waals surface area (Å²) < 4.78 is 39.4. The Morgan fingerprint density at radius 3 is 2.45 bits per heavy atom. The van der Waals surface area contributed by atoms with Crippen LogP contribution in [0.5, 0.6) is 0 Å². The van der Waals surface area contributed by atoms with Gasteiger partial charge >= 0.3 is 0 Å². The van der Waals surface area contributed by atoms with E-state index in [-0.39, 0.29) is 19.0 Å². The van der Waals surface area contributed by atoms with Crippen LogP contribution in [-0.2, 0) is 9.59 Å². The smallest absolute Gasteiger partial charge is 0.244 e. The highest BCUT2D eigenvalue weighted by Crippen LogP contribution is 2.19. The molecule has 1 rings (SSSR count). The van der Waals surface area contributed by atoms with Gasteiger partial charge in [-0.1, -0.05) is 6.92 Å². The topological polar surface area (TPSA) is 61.4 Å². The van der Waals surface area contributed by atoms with Crippen LogP contribution in [0.25, 0.3) is 0 Å². The molecule has 1 aromatic carbocycles. The number of nitrogens with zero attached hydrogens (tertiary/aromatic N) is 1. The van der Waals surface area contributed by atoms with E-state index in [1.54, 1.807) is 7.05 Å². The van der Waals surface area contributed by atoms with E-state index < -0.39 is 29.0 Å². The summed E-state index contributed by atoms with van der Waals surface area (Å²) in [6, 6.07) is 1.63. The van der Waals surface area contributed by atoms with E-state index in [9.17, 15) is 22.8 Å². The van der Waals surface area contributed by atoms with Crippen molar-refractivity contribution in [2.75, 3.05) is 32.0 Å². The number of nitrogens with one attached hydrogen (secondary N) is 2. The number of anilines is 1. The molecule has 5 nitrogen and oxygen atoms in total. The summed E-state index contributed by atoms with van der Waals surface area (Å²) in [5.74, 6) is -5.45. The van der Waals surface area contributed by atoms with Gasteiger partial charge in [0.1, 0.15) is 0 Å². The van der Waals surface area contributed by atoms with Crippen molar-refractivity contribution in [3.05, 3.63) is 29.6 Å². The number of benzene rings is 1. The summed E-state index contributed by atoms with van der Waals surface area (Å²) in [5, 5.41) is 4.81. The molecule has 0 aliphatic heterocycles. The minimum Gasteiger partial charge on any atom is -0.332 e. The van der Waals surface area contributed by atoms with Gasteiger partial charge in [0.25, 0.3) is 0 Å². The normalized spacial score (nSPS) is 10.4. The van der Waals surface area contributed by atoms with Crippen LogP contribution < -0.4 is 10.6 Å². The van der Waals surface area contributed by atoms with Gasteiger partial charge in [0.05, 0.1) is 18.8 Å². The zero-order valence-corrected chi connectivity index (χ0v) is 12.4. The van der Waals surface area contributed by atoms with Crippen molar-refractivity contribution in [2.45, 2.75) is 13.3 Å². The molecule has 0 bridgehead atoms. The van der Waals surface area contributed by atoms with Crippen LogP contribution in [0.2, 0.25) is 0 Å². The average Bonchev–Trinajstić information content (AvgIpc) is 2.48. The van der Waals surface area contributed by atoms with Crippen LogP contribution in [0.1, 0.15) is 13.3 Å². The number of halogens is 3. The fraction of sp³-hybridized carbons (Fsp3) is 0.429. The van der Waals surface area contributed by atoms with Crippen molar-refractivity contribution >= 4 is 17.5 Å². The van der Waals surface area contributed by atoms with E-state index in [2.05, 4.69) is 10.6 Å². The number of amides is 2. The summed E-state index contributed by atoms with van der Waals surface area (Å²) in [6.07, 6.45) is 0.641. The minimum absolute atomic E-state index is 0.0623. The van der Waals surface area contributed by atoms with Gasteiger partial charge < -0.3 is 15.5 Å². The van der Waals surface area contributed by atoms with Crippen LogP contribution in [0.15, 0.2) is 12.1 Å². The first-order valence-electron chi connectivity index (χ1n) is 6.76. The maximum absolute atomic E-state index is 13.5. The molecule has 0 aromatic heterocycles. The SMILES string of the molecule is CCCN(CC(=O)Nc1ccc(F)c(F)c1F)C(=O)CNC. The highest BCUT2D eigenvalue weighted by atomic mass is 19.2. The first kappa shape index (κ1) is 18.0. The summed E-state index contributed by atoms with van der Waals surface area (Å²) in [5.41, 5.74) is -0.471. The lowest BCUT2D eigenvalue weighted by Crippen LogP contribution is -2.42. The van der Waals surface area contributed by atoms with E-state index in [1.165, 1.54) is 4.90 Å². The molecule has 8 heteroatoms. The van der Waals surface area contributed by atoms with Crippen molar-refractivity contribution < 1.29 is 22.8 Å². The molecule has 0 spiro atoms. The van der Waals surface area contributed by atoms with Crippen LogP contribution in [0.3, 0.4) is 0 Å². The third-order valence-corrected chi connectivity index (χ3v) is 2.82. The second-order valence-electron chi connectivity index (χ2n) is 4.62. The van der Waals surface area contributed by atoms with Crippen LogP contribution in [0.4, 0.5) is 18.9 Å². The second kappa shape index (κ2) is 8.38. The summed E-state index contributed by atoms with van der Waals surface area (Å²) >= 11 is 0. The van der Waals surface area contributed by atoms with Gasteiger partial charge in [0, 0.05) is 6.54 Å². The molecule has 2 N–H and O–H groups in total. The molecular formula is C14H18F3N3O2. The lowest BCUT2D eigenvalue weighted by atomic mass is 10.2. The quantitative estimate of drug-likeness (QED) is 0.749. The van der Waals surface area contributed by atoms with Crippen LogP contribution >= 0.6 is 0 Å². The Morgan fingerprint density at radius 1 is 1.18 bits per heavy atom. The molecule has 122 valence electrons. The molecular weight excluding hydrogens is 299 g/mol. The summed E-state index contributed by atoms with van der Waals surface area (Å²) in [4.78, 5) is 24.9. The van der Waals surface area contributed by atoms with Crippen molar-refractivity contribution in [3.8, 4) is 0 Å². The number of rotatable bonds is 7. The van der Waals surface area contributed by atoms with Gasteiger partial charge in [-0.3, -0.25) is 9.59 Å². The average molecular weight is 317 g/mol. The van der Waals surface area contributed by atoms with Gasteiger partial charge in [0.15, 0.2) is 17.5 Å². The minimum atomic E-state index is -1.66. The van der Waals surface area contributed by atoms with Crippen LogP contribution in [-0.4, -0.2) is 43.4 Å². The fourth-order valence-electron chi connectivity index (χ4n) is 1.81. The molecule has 0 heterocycles. The fourth-order valence-corrected chi connectivity index (χ4v) is 1.81. The standard InChI is InChI=1S/C14H18F3N3O2/c1-3-6-20(12(22)7-18-2)8-11(21)19-10-5-4-9(15)13(16)14(10)17/h4-5,18H,3,6-8H2,1-2H3,(H,19,21). The number of hydrogen-bond donors (Lipinski definition) is 2. The molecule has 0 aliphatic carbocycles. The predicted molar refractivity (Wildman–Crippen MR) is 75.7 cm³/mol. The summed E-state index contributed by atoms with van der Waals surface area (Å²) in [7, 11) is 1.60. The Hall–Kier alpha value is -2.09. The monoisotopic (exact) mass is 317 g/mol. The number of likely N-dealkylation sites (N-methyl/N-ethyl adjacent to an activating group) is 1. The van der Waals surface area contributed by atoms with E-state index in [1.807, 2.05) is 6.92 Å². The maximum Gasteiger partial charge on any atom is 0.244 e. The van der Waals surface area contributed by atoms with E-state index >= 15 is 0 Å². The van der Waals surface area contributed by atoms with Gasteiger partial charge in [-0.05, 0) is 25.6 Å². The highest BCUT2D eigenvalue weighted by Gasteiger charge is 2.19. The first-order valence-corrected chi connectivity index (χ1v) is 6.76. The number of carbonyl (C=O) groups is 2. The lowest BCUT2D eigenvalue weighted by Gasteiger charge is -2.21. The summed E-state index contributed by atoms with van der Waals surface area (Å²) in [6.45, 7) is 1.96. The third-order valence-electron chi connectivity index (χ3n) is 2.82. The Balaban J connectivity index is 2.75. The van der Waals surface area contributed by atoms with Gasteiger partial charge in [-0.15, -0.1) is 0 Å². The second-order valence-corrected chi connectivity index (χ2v) is 4.62. The Kier molecular flexibility index (Phi) is 6.84. The highest BCUT2D eigenvalue weighted by molar-refractivity contribution is 5.94. The molecule has 0 atom stereocenters. The van der Waals surface area contributed by atoms with Crippen molar-refractivity contribution in [1.29, 1.82) is 0 Å². The van der Waals surface area contributed by atoms with Crippen molar-refractivity contribution in [3.63, 3.8) is 0 Å². The van der Waals surface area contributed by atoms with Crippen molar-refractivity contribution in [1.82, 2.24) is 10.2 Å². The molecule has 2 amide bonds. The van der Waals surface area contributed by atoms with Gasteiger partial charge in [0.2, 0.25) is 11.8 Å². The van der Waals surface area contributed by atoms with Gasteiger partial charge in [-0.25, -0.2) is 13.2 Å². The molecule has 0 unspecified atom stereocenters. The van der Waals surface area contributed by atoms with Crippen LogP contribution in [0, 0.1) is 17.5 Å². The predicted octanol–water partition coefficient (Wildman–Crippen LogP) is 1.50. The number of hydrogen-bond acceptors (Lipinski definition) is 3. The Bertz CT molecular complexity index is 552. The first-order chi connectivity index (χ1) is 10.4. The Morgan fingerprint density at radius 2 is 1.86 bits per heavy atom. The Labute approximate surface area is 126 Å². The number of carbonyl (C=O) groups excluding carboxylic acids is 2. The molecule has 0 radical (unpaired) electrons. The molecule has 1 aromatic rings. The van der Waals surface area contributed by atoms with E-state index in [0.29, 0.717) is 19.0 Å². The lowest BCUT2D eigenvalue weighted by molar-refractivity contribution is -0.133. The third kappa shape index (κ3) is 4.73.